The lowest BCUT2D eigenvalue weighted by Crippen LogP contribution is -2.15. The Hall–Kier alpha value is -4.58. The van der Waals surface area contributed by atoms with Gasteiger partial charge in [0.2, 0.25) is 0 Å². The molecule has 4 N–H and O–H groups in total. The van der Waals surface area contributed by atoms with Crippen LogP contribution in [-0.2, 0) is 0 Å². The van der Waals surface area contributed by atoms with Gasteiger partial charge in [-0.25, -0.2) is 0 Å². The third-order valence-electron chi connectivity index (χ3n) is 13.4. The van der Waals surface area contributed by atoms with Crippen LogP contribution < -0.4 is 0 Å². The summed E-state index contributed by atoms with van der Waals surface area (Å²) in [6.45, 7) is 0. The highest BCUT2D eigenvalue weighted by Crippen LogP contribution is 2.45. The Morgan fingerprint density at radius 1 is 0.321 bits per heavy atom. The smallest absolute Gasteiger partial charge is 0.193 e. The van der Waals surface area contributed by atoms with Crippen molar-refractivity contribution in [3.63, 3.8) is 0 Å². The van der Waals surface area contributed by atoms with Crippen LogP contribution in [0, 0.1) is 0 Å². The van der Waals surface area contributed by atoms with Gasteiger partial charge in [0.15, 0.2) is 11.6 Å². The van der Waals surface area contributed by atoms with Crippen LogP contribution in [0.4, 0.5) is 0 Å². The number of phenols is 4. The van der Waals surface area contributed by atoms with E-state index in [-0.39, 0.29) is 58.2 Å². The maximum atomic E-state index is 13.7. The molecule has 6 heteroatoms. The van der Waals surface area contributed by atoms with E-state index >= 15 is 0 Å². The Morgan fingerprint density at radius 3 is 0.714 bits per heavy atom. The van der Waals surface area contributed by atoms with Crippen molar-refractivity contribution >= 4 is 11.6 Å². The molecule has 4 aromatic carbocycles. The van der Waals surface area contributed by atoms with Crippen LogP contribution in [-0.4, -0.2) is 32.0 Å². The number of carbonyl (C=O) groups excluding carboxylic acids is 2. The number of phenolic OH excluding ortho intramolecular Hbond substituents is 4. The van der Waals surface area contributed by atoms with Crippen LogP contribution in [0.5, 0.6) is 23.0 Å². The maximum Gasteiger partial charge on any atom is 0.193 e. The van der Waals surface area contributed by atoms with Gasteiger partial charge in [0, 0.05) is 44.5 Å². The fraction of sp³-hybridized carbons (Fsp3) is 0.480. The van der Waals surface area contributed by atoms with Gasteiger partial charge >= 0.3 is 0 Å². The number of benzene rings is 4. The summed E-state index contributed by atoms with van der Waals surface area (Å²) in [7, 11) is 0. The van der Waals surface area contributed by atoms with E-state index < -0.39 is 0 Å². The molecule has 0 aromatic heterocycles. The van der Waals surface area contributed by atoms with Crippen LogP contribution in [0.3, 0.4) is 0 Å². The molecule has 4 aliphatic rings. The summed E-state index contributed by atoms with van der Waals surface area (Å²) < 4.78 is 0. The quantitative estimate of drug-likeness (QED) is 0.133. The Labute approximate surface area is 333 Å². The number of hydrogen-bond donors (Lipinski definition) is 4. The van der Waals surface area contributed by atoms with Crippen molar-refractivity contribution in [2.24, 2.45) is 0 Å². The average molecular weight is 757 g/mol. The van der Waals surface area contributed by atoms with Crippen LogP contribution >= 0.6 is 0 Å². The average Bonchev–Trinajstić information content (AvgIpc) is 3.24. The molecule has 0 radical (unpaired) electrons. The number of aromatic hydroxyl groups is 4. The summed E-state index contributed by atoms with van der Waals surface area (Å²) in [6, 6.07) is 21.2. The van der Waals surface area contributed by atoms with E-state index in [9.17, 15) is 30.0 Å². The first-order chi connectivity index (χ1) is 27.3. The first kappa shape index (κ1) is 39.6. The molecule has 4 fully saturated rings. The monoisotopic (exact) mass is 756 g/mol. The number of carbonyl (C=O) groups is 2. The molecule has 4 aliphatic carbocycles. The van der Waals surface area contributed by atoms with Crippen LogP contribution in [0.1, 0.15) is 206 Å². The maximum absolute atomic E-state index is 13.7. The molecule has 0 bridgehead atoms. The van der Waals surface area contributed by atoms with Crippen molar-refractivity contribution in [1.29, 1.82) is 0 Å². The largest absolute Gasteiger partial charge is 0.508 e. The number of rotatable bonds is 8. The molecular weight excluding hydrogens is 697 g/mol. The molecule has 56 heavy (non-hydrogen) atoms. The molecule has 8 rings (SSSR count). The summed E-state index contributed by atoms with van der Waals surface area (Å²) in [5, 5.41) is 42.4. The molecule has 0 unspecified atom stereocenters. The standard InChI is InChI=1S/2C25H30O3/c2*26-21-15-7-13-19(23(21)17-9-3-1-4-10-17)25(28)20-14-8-16-22(27)24(20)18-11-5-2-6-12-18/h2*7-8,13-18,26-27H,1-6,9-12H2. The van der Waals surface area contributed by atoms with Crippen molar-refractivity contribution in [3.8, 4) is 23.0 Å². The topological polar surface area (TPSA) is 115 Å². The second-order valence-corrected chi connectivity index (χ2v) is 17.0. The van der Waals surface area contributed by atoms with Crippen molar-refractivity contribution < 1.29 is 30.0 Å². The molecule has 0 saturated heterocycles. The highest BCUT2D eigenvalue weighted by molar-refractivity contribution is 6.12. The molecular formula is C50H60O6. The lowest BCUT2D eigenvalue weighted by molar-refractivity contribution is 0.102. The Kier molecular flexibility index (Phi) is 13.2. The van der Waals surface area contributed by atoms with Crippen molar-refractivity contribution in [1.82, 2.24) is 0 Å². The zero-order valence-corrected chi connectivity index (χ0v) is 33.0. The minimum Gasteiger partial charge on any atom is -0.508 e. The highest BCUT2D eigenvalue weighted by atomic mass is 16.3. The second kappa shape index (κ2) is 18.6. The summed E-state index contributed by atoms with van der Waals surface area (Å²) in [6.07, 6.45) is 22.2. The van der Waals surface area contributed by atoms with E-state index in [2.05, 4.69) is 0 Å². The fourth-order valence-corrected chi connectivity index (χ4v) is 10.6. The SMILES string of the molecule is O=C(c1cccc(O)c1C1CCCCC1)c1cccc(O)c1C1CCCCC1.O=C(c1cccc(O)c1C1CCCCC1)c1cccc(O)c1C1CCCCC1. The third kappa shape index (κ3) is 8.70. The zero-order chi connectivity index (χ0) is 39.0. The molecule has 4 saturated carbocycles. The molecule has 0 amide bonds. The molecule has 6 nitrogen and oxygen atoms in total. The number of hydrogen-bond acceptors (Lipinski definition) is 6. The molecule has 4 aromatic rings. The van der Waals surface area contributed by atoms with Gasteiger partial charge < -0.3 is 20.4 Å². The van der Waals surface area contributed by atoms with E-state index in [1.807, 2.05) is 24.3 Å². The van der Waals surface area contributed by atoms with E-state index in [1.165, 1.54) is 25.7 Å². The van der Waals surface area contributed by atoms with Gasteiger partial charge in [-0.15, -0.1) is 0 Å². The Balaban J connectivity index is 0.000000172. The summed E-state index contributed by atoms with van der Waals surface area (Å²) >= 11 is 0. The number of ketones is 2. The lowest BCUT2D eigenvalue weighted by atomic mass is 9.77. The second-order valence-electron chi connectivity index (χ2n) is 17.0. The third-order valence-corrected chi connectivity index (χ3v) is 13.4. The van der Waals surface area contributed by atoms with E-state index in [4.69, 9.17) is 0 Å². The van der Waals surface area contributed by atoms with E-state index in [1.54, 1.807) is 48.5 Å². The highest BCUT2D eigenvalue weighted by Gasteiger charge is 2.31. The van der Waals surface area contributed by atoms with Crippen molar-refractivity contribution in [2.45, 2.75) is 152 Å². The molecule has 0 atom stereocenters. The predicted octanol–water partition coefficient (Wildman–Crippen LogP) is 12.8. The van der Waals surface area contributed by atoms with Crippen LogP contribution in [0.15, 0.2) is 72.8 Å². The summed E-state index contributed by atoms with van der Waals surface area (Å²) in [5.41, 5.74) is 5.67. The van der Waals surface area contributed by atoms with E-state index in [0.717, 1.165) is 125 Å². The van der Waals surface area contributed by atoms with Gasteiger partial charge in [-0.3, -0.25) is 9.59 Å². The van der Waals surface area contributed by atoms with Gasteiger partial charge in [0.05, 0.1) is 0 Å². The van der Waals surface area contributed by atoms with Crippen LogP contribution in [0.25, 0.3) is 0 Å². The van der Waals surface area contributed by atoms with Crippen molar-refractivity contribution in [2.75, 3.05) is 0 Å². The lowest BCUT2D eigenvalue weighted by Gasteiger charge is -2.27. The normalized spacial score (nSPS) is 18.9. The predicted molar refractivity (Wildman–Crippen MR) is 223 cm³/mol. The summed E-state index contributed by atoms with van der Waals surface area (Å²) in [5.74, 6) is 1.77. The molecule has 0 aliphatic heterocycles. The van der Waals surface area contributed by atoms with Gasteiger partial charge in [0.1, 0.15) is 23.0 Å². The van der Waals surface area contributed by atoms with Crippen molar-refractivity contribution in [3.05, 3.63) is 117 Å². The summed E-state index contributed by atoms with van der Waals surface area (Å²) in [4.78, 5) is 27.3. The zero-order valence-electron chi connectivity index (χ0n) is 33.0. The Morgan fingerprint density at radius 2 is 0.518 bits per heavy atom. The minimum atomic E-state index is -0.0621. The van der Waals surface area contributed by atoms with Gasteiger partial charge in [-0.05, 0) is 99.3 Å². The molecule has 296 valence electrons. The van der Waals surface area contributed by atoms with Gasteiger partial charge in [-0.1, -0.05) is 126 Å². The van der Waals surface area contributed by atoms with Crippen LogP contribution in [0.2, 0.25) is 0 Å². The van der Waals surface area contributed by atoms with E-state index in [0.29, 0.717) is 22.3 Å². The van der Waals surface area contributed by atoms with Gasteiger partial charge in [0.25, 0.3) is 0 Å². The first-order valence-electron chi connectivity index (χ1n) is 21.7. The van der Waals surface area contributed by atoms with Gasteiger partial charge in [-0.2, -0.15) is 0 Å². The Bertz CT molecular complexity index is 1690. The molecule has 0 heterocycles. The fourth-order valence-electron chi connectivity index (χ4n) is 10.6. The molecule has 0 spiro atoms. The first-order valence-corrected chi connectivity index (χ1v) is 21.7. The minimum absolute atomic E-state index is 0.0621.